The van der Waals surface area contributed by atoms with Crippen LogP contribution in [-0.4, -0.2) is 21.5 Å². The van der Waals surface area contributed by atoms with Crippen molar-refractivity contribution in [2.24, 2.45) is 11.8 Å². The molecular weight excluding hydrogens is 396 g/mol. The number of rotatable bonds is 6. The Morgan fingerprint density at radius 1 is 1.00 bits per heavy atom. The van der Waals surface area contributed by atoms with Crippen LogP contribution in [0, 0.1) is 11.8 Å². The molecule has 1 aliphatic rings. The molecule has 0 fully saturated rings. The van der Waals surface area contributed by atoms with Crippen molar-refractivity contribution < 1.29 is 9.59 Å². The summed E-state index contributed by atoms with van der Waals surface area (Å²) in [6.45, 7) is 8.57. The first kappa shape index (κ1) is 22.2. The Morgan fingerprint density at radius 2 is 1.62 bits per heavy atom. The summed E-state index contributed by atoms with van der Waals surface area (Å²) in [4.78, 5) is 27.1. The third kappa shape index (κ3) is 3.94. The summed E-state index contributed by atoms with van der Waals surface area (Å²) in [5.41, 5.74) is 4.62. The predicted octanol–water partition coefficient (Wildman–Crippen LogP) is 6.74. The molecule has 4 heteroatoms. The van der Waals surface area contributed by atoms with Gasteiger partial charge in [-0.2, -0.15) is 9.78 Å². The van der Waals surface area contributed by atoms with Gasteiger partial charge in [-0.1, -0.05) is 88.4 Å². The van der Waals surface area contributed by atoms with E-state index < -0.39 is 5.92 Å². The van der Waals surface area contributed by atoms with E-state index in [1.807, 2.05) is 55.5 Å². The zero-order valence-electron chi connectivity index (χ0n) is 19.4. The van der Waals surface area contributed by atoms with Crippen molar-refractivity contribution in [1.29, 1.82) is 0 Å². The van der Waals surface area contributed by atoms with E-state index in [9.17, 15) is 9.59 Å². The third-order valence-corrected chi connectivity index (χ3v) is 6.85. The van der Waals surface area contributed by atoms with Crippen LogP contribution in [0.2, 0.25) is 0 Å². The minimum absolute atomic E-state index is 0.140. The van der Waals surface area contributed by atoms with Crippen LogP contribution >= 0.6 is 0 Å². The van der Waals surface area contributed by atoms with Crippen molar-refractivity contribution in [3.8, 4) is 11.3 Å². The van der Waals surface area contributed by atoms with Crippen molar-refractivity contribution in [2.45, 2.75) is 58.8 Å². The van der Waals surface area contributed by atoms with Crippen LogP contribution in [0.1, 0.15) is 85.2 Å². The van der Waals surface area contributed by atoms with Crippen molar-refractivity contribution in [2.75, 3.05) is 0 Å². The number of Topliss-reactive ketones (excluding diaryl/α,β-unsaturated/α-hetero) is 1. The minimum atomic E-state index is -0.756. The summed E-state index contributed by atoms with van der Waals surface area (Å²) in [5.74, 6) is -0.0436. The van der Waals surface area contributed by atoms with E-state index in [0.29, 0.717) is 29.7 Å². The summed E-state index contributed by atoms with van der Waals surface area (Å²) >= 11 is 0. The largest absolute Gasteiger partial charge is 0.293 e. The fraction of sp³-hybridized carbons (Fsp3) is 0.393. The quantitative estimate of drug-likeness (QED) is 0.323. The van der Waals surface area contributed by atoms with Gasteiger partial charge in [0.2, 0.25) is 0 Å². The monoisotopic (exact) mass is 428 g/mol. The van der Waals surface area contributed by atoms with Crippen LogP contribution in [0.4, 0.5) is 0 Å². The summed E-state index contributed by atoms with van der Waals surface area (Å²) in [6, 6.07) is 19.1. The molecule has 0 saturated carbocycles. The summed E-state index contributed by atoms with van der Waals surface area (Å²) in [6.07, 6.45) is 2.59. The van der Waals surface area contributed by atoms with Gasteiger partial charge >= 0.3 is 0 Å². The molecule has 1 heterocycles. The van der Waals surface area contributed by atoms with Gasteiger partial charge in [-0.15, -0.1) is 0 Å². The lowest BCUT2D eigenvalue weighted by atomic mass is 9.75. The van der Waals surface area contributed by atoms with E-state index in [1.54, 1.807) is 16.8 Å². The highest BCUT2D eigenvalue weighted by Gasteiger charge is 2.37. The zero-order valence-corrected chi connectivity index (χ0v) is 19.4. The van der Waals surface area contributed by atoms with Crippen molar-refractivity contribution in [3.05, 3.63) is 77.5 Å². The first-order chi connectivity index (χ1) is 15.4. The Hall–Kier alpha value is -3.01. The fourth-order valence-corrected chi connectivity index (χ4v) is 5.02. The Bertz CT molecular complexity index is 1100. The molecule has 0 radical (unpaired) electrons. The van der Waals surface area contributed by atoms with E-state index in [2.05, 4.69) is 20.8 Å². The molecule has 32 heavy (non-hydrogen) atoms. The van der Waals surface area contributed by atoms with Gasteiger partial charge in [-0.3, -0.25) is 9.59 Å². The van der Waals surface area contributed by atoms with Crippen LogP contribution in [0.3, 0.4) is 0 Å². The molecule has 1 aliphatic carbocycles. The van der Waals surface area contributed by atoms with E-state index in [1.165, 1.54) is 5.56 Å². The van der Waals surface area contributed by atoms with Crippen LogP contribution < -0.4 is 0 Å². The average molecular weight is 429 g/mol. The van der Waals surface area contributed by atoms with Gasteiger partial charge in [0.1, 0.15) is 5.92 Å². The molecule has 0 amide bonds. The molecule has 0 saturated heterocycles. The maximum absolute atomic E-state index is 13.9. The summed E-state index contributed by atoms with van der Waals surface area (Å²) < 4.78 is 1.56. The number of carbonyl (C=O) groups excluding carboxylic acids is 2. The number of aromatic nitrogens is 2. The molecule has 0 bridgehead atoms. The molecule has 0 aliphatic heterocycles. The molecule has 0 N–H and O–H groups in total. The maximum atomic E-state index is 13.9. The van der Waals surface area contributed by atoms with Crippen molar-refractivity contribution in [1.82, 2.24) is 9.78 Å². The molecule has 3 atom stereocenters. The molecule has 4 nitrogen and oxygen atoms in total. The second-order valence-electron chi connectivity index (χ2n) is 9.28. The zero-order chi connectivity index (χ0) is 22.8. The Kier molecular flexibility index (Phi) is 6.40. The first-order valence-electron chi connectivity index (χ1n) is 11.8. The lowest BCUT2D eigenvalue weighted by Gasteiger charge is -2.28. The van der Waals surface area contributed by atoms with E-state index >= 15 is 0 Å². The van der Waals surface area contributed by atoms with Gasteiger partial charge in [0.15, 0.2) is 5.78 Å². The van der Waals surface area contributed by atoms with Gasteiger partial charge in [-0.25, -0.2) is 0 Å². The Balaban J connectivity index is 1.87. The van der Waals surface area contributed by atoms with Crippen LogP contribution in [-0.2, 0) is 0 Å². The number of hydrogen-bond donors (Lipinski definition) is 0. The SMILES string of the molecule is CC[C@@H](C(=O)c1ccccc1)C(=O)n1nc2c(c1-c1ccccc1)[C@H](C)CC[C@@H]2C(C)C. The highest BCUT2D eigenvalue weighted by atomic mass is 16.2. The van der Waals surface area contributed by atoms with E-state index in [0.717, 1.165) is 29.8 Å². The second-order valence-corrected chi connectivity index (χ2v) is 9.28. The minimum Gasteiger partial charge on any atom is -0.293 e. The lowest BCUT2D eigenvalue weighted by Crippen LogP contribution is -2.30. The fourth-order valence-electron chi connectivity index (χ4n) is 5.02. The maximum Gasteiger partial charge on any atom is 0.258 e. The first-order valence-corrected chi connectivity index (χ1v) is 11.8. The molecule has 166 valence electrons. The van der Waals surface area contributed by atoms with E-state index in [-0.39, 0.29) is 11.7 Å². The predicted molar refractivity (Wildman–Crippen MR) is 128 cm³/mol. The Morgan fingerprint density at radius 3 is 2.22 bits per heavy atom. The van der Waals surface area contributed by atoms with Crippen LogP contribution in [0.15, 0.2) is 60.7 Å². The number of nitrogens with zero attached hydrogens (tertiary/aromatic N) is 2. The topological polar surface area (TPSA) is 52.0 Å². The molecule has 1 aromatic heterocycles. The van der Waals surface area contributed by atoms with Gasteiger partial charge in [-0.05, 0) is 31.1 Å². The number of fused-ring (bicyclic) bond motifs is 1. The van der Waals surface area contributed by atoms with Gasteiger partial charge < -0.3 is 0 Å². The van der Waals surface area contributed by atoms with Crippen molar-refractivity contribution >= 4 is 11.7 Å². The third-order valence-electron chi connectivity index (χ3n) is 6.85. The van der Waals surface area contributed by atoms with Crippen LogP contribution in [0.5, 0.6) is 0 Å². The van der Waals surface area contributed by atoms with Gasteiger partial charge in [0.05, 0.1) is 11.4 Å². The molecule has 4 rings (SSSR count). The number of hydrogen-bond acceptors (Lipinski definition) is 3. The second kappa shape index (κ2) is 9.23. The summed E-state index contributed by atoms with van der Waals surface area (Å²) in [5, 5.41) is 4.94. The van der Waals surface area contributed by atoms with Crippen LogP contribution in [0.25, 0.3) is 11.3 Å². The Labute approximate surface area is 190 Å². The normalized spacial score (nSPS) is 18.9. The number of carbonyl (C=O) groups is 2. The molecular formula is C28H32N2O2. The van der Waals surface area contributed by atoms with E-state index in [4.69, 9.17) is 5.10 Å². The van der Waals surface area contributed by atoms with Gasteiger partial charge in [0.25, 0.3) is 5.91 Å². The number of benzene rings is 2. The van der Waals surface area contributed by atoms with Crippen molar-refractivity contribution in [3.63, 3.8) is 0 Å². The summed E-state index contributed by atoms with van der Waals surface area (Å²) in [7, 11) is 0. The van der Waals surface area contributed by atoms with Gasteiger partial charge in [0, 0.05) is 22.6 Å². The molecule has 0 unspecified atom stereocenters. The average Bonchev–Trinajstić information content (AvgIpc) is 3.22. The highest BCUT2D eigenvalue weighted by molar-refractivity contribution is 6.11. The smallest absolute Gasteiger partial charge is 0.258 e. The molecule has 2 aromatic carbocycles. The molecule has 3 aromatic rings. The standard InChI is InChI=1S/C28H32N2O2/c1-5-22(27(31)21-14-10-7-11-15-21)28(32)30-26(20-12-8-6-9-13-20)24-19(4)16-17-23(18(2)3)25(24)29-30/h6-15,18-19,22-23H,5,16-17H2,1-4H3/t19-,22+,23-/m1/s1. The molecule has 0 spiro atoms. The highest BCUT2D eigenvalue weighted by Crippen LogP contribution is 2.46. The number of ketones is 1. The lowest BCUT2D eigenvalue weighted by molar-refractivity contribution is 0.0737.